The molecule has 0 spiro atoms. The molecule has 0 fully saturated rings. The smallest absolute Gasteiger partial charge is 0.343 e. The molecule has 1 aliphatic carbocycles. The summed E-state index contributed by atoms with van der Waals surface area (Å²) >= 11 is 0. The number of cyclic esters (lactones) is 1. The van der Waals surface area contributed by atoms with Crippen LogP contribution in [0.25, 0.3) is 22.3 Å². The van der Waals surface area contributed by atoms with Crippen LogP contribution < -0.4 is 16.6 Å². The molecule has 41 heavy (non-hydrogen) atoms. The van der Waals surface area contributed by atoms with Gasteiger partial charge in [-0.2, -0.15) is 0 Å². The van der Waals surface area contributed by atoms with Crippen molar-refractivity contribution in [3.8, 4) is 11.4 Å². The standard InChI is InChI=1S/C29H29FN4O7/c1-3-29(40)16-8-21-25-14(10-34(21)27(38)15(16)11-41-28(29)39)24-19(33-26(37)18(31)5-7-22(35)36)6-4-13-12(2)17(30)9-20(32-25)23(13)24/h8-9,18-19,40H,3-7,10-11,31H2,1-2H3,(H,33,37)(H,35,36)/t18?,19-,29-/m0/s1. The number of carbonyl (C=O) groups is 3. The highest BCUT2D eigenvalue weighted by Crippen LogP contribution is 2.45. The van der Waals surface area contributed by atoms with E-state index in [0.29, 0.717) is 51.8 Å². The number of esters is 1. The van der Waals surface area contributed by atoms with Crippen molar-refractivity contribution >= 4 is 28.7 Å². The van der Waals surface area contributed by atoms with Gasteiger partial charge in [-0.25, -0.2) is 14.2 Å². The number of halogens is 1. The van der Waals surface area contributed by atoms with E-state index in [1.165, 1.54) is 10.6 Å². The lowest BCUT2D eigenvalue weighted by Crippen LogP contribution is -2.44. The first-order chi connectivity index (χ1) is 19.5. The molecule has 1 aromatic carbocycles. The average Bonchev–Trinajstić information content (AvgIpc) is 3.31. The Morgan fingerprint density at radius 3 is 2.76 bits per heavy atom. The third kappa shape index (κ3) is 3.96. The van der Waals surface area contributed by atoms with Crippen LogP contribution in [0.3, 0.4) is 0 Å². The number of carboxylic acids is 1. The number of benzene rings is 1. The van der Waals surface area contributed by atoms with E-state index in [9.17, 15) is 24.3 Å². The molecule has 2 aromatic heterocycles. The summed E-state index contributed by atoms with van der Waals surface area (Å²) in [5.74, 6) is -2.82. The number of nitrogens with two attached hydrogens (primary N) is 1. The van der Waals surface area contributed by atoms with E-state index in [-0.39, 0.29) is 43.5 Å². The van der Waals surface area contributed by atoms with Crippen LogP contribution in [-0.2, 0) is 44.3 Å². The van der Waals surface area contributed by atoms with Crippen LogP contribution in [0, 0.1) is 12.7 Å². The van der Waals surface area contributed by atoms with Gasteiger partial charge in [0.1, 0.15) is 12.4 Å². The van der Waals surface area contributed by atoms with Crippen molar-refractivity contribution in [3.63, 3.8) is 0 Å². The number of hydrogen-bond donors (Lipinski definition) is 4. The van der Waals surface area contributed by atoms with Gasteiger partial charge in [-0.1, -0.05) is 6.92 Å². The number of aromatic nitrogens is 2. The molecule has 0 radical (unpaired) electrons. The number of nitrogens with zero attached hydrogens (tertiary/aromatic N) is 2. The number of aryl methyl sites for hydroxylation is 1. The van der Waals surface area contributed by atoms with Crippen LogP contribution in [0.5, 0.6) is 0 Å². The van der Waals surface area contributed by atoms with Crippen LogP contribution >= 0.6 is 0 Å². The monoisotopic (exact) mass is 564 g/mol. The van der Waals surface area contributed by atoms with Crippen molar-refractivity contribution in [1.82, 2.24) is 14.9 Å². The highest BCUT2D eigenvalue weighted by molar-refractivity contribution is 5.94. The Labute approximate surface area is 233 Å². The van der Waals surface area contributed by atoms with Gasteiger partial charge in [-0.05, 0) is 55.4 Å². The number of carboxylic acid groups (broad SMARTS) is 1. The first-order valence-corrected chi connectivity index (χ1v) is 13.6. The topological polar surface area (TPSA) is 174 Å². The first-order valence-electron chi connectivity index (χ1n) is 13.6. The molecule has 5 N–H and O–H groups in total. The molecule has 0 saturated carbocycles. The lowest BCUT2D eigenvalue weighted by Gasteiger charge is -2.31. The minimum atomic E-state index is -1.99. The van der Waals surface area contributed by atoms with Gasteiger partial charge in [0, 0.05) is 29.0 Å². The van der Waals surface area contributed by atoms with Gasteiger partial charge in [-0.15, -0.1) is 0 Å². The number of ether oxygens (including phenoxy) is 1. The zero-order chi connectivity index (χ0) is 29.4. The molecule has 6 rings (SSSR count). The van der Waals surface area contributed by atoms with E-state index in [1.54, 1.807) is 19.9 Å². The van der Waals surface area contributed by atoms with Crippen LogP contribution in [0.15, 0.2) is 16.9 Å². The maximum atomic E-state index is 15.0. The second-order valence-corrected chi connectivity index (χ2v) is 11.0. The summed E-state index contributed by atoms with van der Waals surface area (Å²) in [6, 6.07) is 1.33. The van der Waals surface area contributed by atoms with Crippen LogP contribution in [0.2, 0.25) is 0 Å². The maximum absolute atomic E-state index is 15.0. The fourth-order valence-electron chi connectivity index (χ4n) is 6.39. The van der Waals surface area contributed by atoms with E-state index in [2.05, 4.69) is 5.32 Å². The zero-order valence-corrected chi connectivity index (χ0v) is 22.5. The summed E-state index contributed by atoms with van der Waals surface area (Å²) < 4.78 is 21.7. The predicted molar refractivity (Wildman–Crippen MR) is 143 cm³/mol. The van der Waals surface area contributed by atoms with E-state index < -0.39 is 46.9 Å². The van der Waals surface area contributed by atoms with Crippen molar-refractivity contribution in [2.45, 2.75) is 76.8 Å². The molecule has 11 nitrogen and oxygen atoms in total. The lowest BCUT2D eigenvalue weighted by atomic mass is 9.81. The summed E-state index contributed by atoms with van der Waals surface area (Å²) in [5.41, 5.74) is 7.67. The molecular formula is C29H29FN4O7. The van der Waals surface area contributed by atoms with Gasteiger partial charge >= 0.3 is 11.9 Å². The largest absolute Gasteiger partial charge is 0.481 e. The molecular weight excluding hydrogens is 535 g/mol. The number of rotatable bonds is 6. The van der Waals surface area contributed by atoms with E-state index in [1.807, 2.05) is 0 Å². The molecule has 2 aliphatic heterocycles. The number of pyridine rings is 2. The van der Waals surface area contributed by atoms with Gasteiger partial charge in [-0.3, -0.25) is 14.4 Å². The number of fused-ring (bicyclic) bond motifs is 5. The molecule has 3 aliphatic rings. The second-order valence-electron chi connectivity index (χ2n) is 11.0. The number of nitrogens with one attached hydrogen (secondary N) is 1. The molecule has 0 saturated heterocycles. The van der Waals surface area contributed by atoms with Crippen molar-refractivity contribution in [2.75, 3.05) is 0 Å². The fourth-order valence-corrected chi connectivity index (χ4v) is 6.39. The Morgan fingerprint density at radius 2 is 2.05 bits per heavy atom. The average molecular weight is 565 g/mol. The van der Waals surface area contributed by atoms with Crippen molar-refractivity contribution in [1.29, 1.82) is 0 Å². The molecule has 3 atom stereocenters. The third-order valence-electron chi connectivity index (χ3n) is 8.70. The third-order valence-corrected chi connectivity index (χ3v) is 8.70. The Hall–Kier alpha value is -4.16. The Kier molecular flexibility index (Phi) is 6.23. The number of hydrogen-bond acceptors (Lipinski definition) is 8. The minimum Gasteiger partial charge on any atom is -0.481 e. The second kappa shape index (κ2) is 9.45. The predicted octanol–water partition coefficient (Wildman–Crippen LogP) is 1.82. The van der Waals surface area contributed by atoms with E-state index in [0.717, 1.165) is 5.56 Å². The van der Waals surface area contributed by atoms with E-state index >= 15 is 4.39 Å². The number of amides is 1. The molecule has 0 bridgehead atoms. The summed E-state index contributed by atoms with van der Waals surface area (Å²) in [6.45, 7) is 3.15. The van der Waals surface area contributed by atoms with Crippen molar-refractivity contribution < 1.29 is 33.7 Å². The van der Waals surface area contributed by atoms with Gasteiger partial charge in [0.15, 0.2) is 5.60 Å². The number of aliphatic hydroxyl groups is 1. The van der Waals surface area contributed by atoms with Gasteiger partial charge in [0.05, 0.1) is 41.1 Å². The minimum absolute atomic E-state index is 0.00489. The molecule has 12 heteroatoms. The van der Waals surface area contributed by atoms with Gasteiger partial charge < -0.3 is 30.6 Å². The highest BCUT2D eigenvalue weighted by atomic mass is 19.1. The van der Waals surface area contributed by atoms with E-state index in [4.69, 9.17) is 20.6 Å². The van der Waals surface area contributed by atoms with Crippen LogP contribution in [0.4, 0.5) is 4.39 Å². The Morgan fingerprint density at radius 1 is 1.29 bits per heavy atom. The zero-order valence-electron chi connectivity index (χ0n) is 22.5. The Balaban J connectivity index is 1.54. The highest BCUT2D eigenvalue weighted by Gasteiger charge is 2.46. The first kappa shape index (κ1) is 27.0. The maximum Gasteiger partial charge on any atom is 0.343 e. The van der Waals surface area contributed by atoms with Crippen LogP contribution in [0.1, 0.15) is 72.0 Å². The normalized spacial score (nSPS) is 21.1. The quantitative estimate of drug-likeness (QED) is 0.255. The summed E-state index contributed by atoms with van der Waals surface area (Å²) in [5, 5.41) is 23.8. The molecule has 1 unspecified atom stereocenters. The van der Waals surface area contributed by atoms with Crippen LogP contribution in [-0.4, -0.2) is 43.7 Å². The summed E-state index contributed by atoms with van der Waals surface area (Å²) in [7, 11) is 0. The van der Waals surface area contributed by atoms with Gasteiger partial charge in [0.2, 0.25) is 5.91 Å². The van der Waals surface area contributed by atoms with Gasteiger partial charge in [0.25, 0.3) is 5.56 Å². The molecule has 4 heterocycles. The lowest BCUT2D eigenvalue weighted by molar-refractivity contribution is -0.172. The number of carbonyl (C=O) groups excluding carboxylic acids is 2. The molecule has 1 amide bonds. The number of aliphatic carboxylic acids is 1. The summed E-state index contributed by atoms with van der Waals surface area (Å²) in [4.78, 5) is 55.0. The van der Waals surface area contributed by atoms with Crippen molar-refractivity contribution in [3.05, 3.63) is 61.7 Å². The van der Waals surface area contributed by atoms with Crippen molar-refractivity contribution in [2.24, 2.45) is 5.73 Å². The fraction of sp³-hybridized carbons (Fsp3) is 0.414. The SMILES string of the molecule is CC[C@@]1(O)C(=O)OCc2c1cc1n(c2=O)Cc2c-1nc1cc(F)c(C)c3c1c2[C@@H](NC(=O)C(N)CCC(=O)O)CC3. The summed E-state index contributed by atoms with van der Waals surface area (Å²) in [6.07, 6.45) is 0.600. The molecule has 3 aromatic rings. The Bertz CT molecular complexity index is 1750. The molecule has 214 valence electrons.